The Labute approximate surface area is 114 Å². The summed E-state index contributed by atoms with van der Waals surface area (Å²) < 4.78 is 0. The molecule has 1 atom stereocenters. The Morgan fingerprint density at radius 3 is 2.41 bits per heavy atom. The van der Waals surface area contributed by atoms with Gasteiger partial charge in [0.1, 0.15) is 16.0 Å². The monoisotopic (exact) mass is 272 g/mol. The highest BCUT2D eigenvalue weighted by molar-refractivity contribution is 7.99. The van der Waals surface area contributed by atoms with E-state index in [1.165, 1.54) is 0 Å². The van der Waals surface area contributed by atoms with Crippen LogP contribution in [-0.2, 0) is 6.42 Å². The van der Waals surface area contributed by atoms with E-state index in [4.69, 9.17) is 11.6 Å². The van der Waals surface area contributed by atoms with Gasteiger partial charge < -0.3 is 0 Å². The molecular weight excluding hydrogens is 252 g/mol. The molecule has 0 saturated heterocycles. The van der Waals surface area contributed by atoms with Crippen LogP contribution in [0.3, 0.4) is 0 Å². The minimum atomic E-state index is 0.536. The summed E-state index contributed by atoms with van der Waals surface area (Å²) in [5, 5.41) is 2.17. The maximum atomic E-state index is 6.15. The quantitative estimate of drug-likeness (QED) is 0.582. The van der Waals surface area contributed by atoms with E-state index in [9.17, 15) is 0 Å². The van der Waals surface area contributed by atoms with Gasteiger partial charge in [-0.05, 0) is 19.3 Å². The predicted molar refractivity (Wildman–Crippen MR) is 75.9 cm³/mol. The van der Waals surface area contributed by atoms with Crippen LogP contribution in [0.1, 0.15) is 45.5 Å². The molecule has 0 aliphatic rings. The van der Waals surface area contributed by atoms with Gasteiger partial charge in [-0.25, -0.2) is 9.97 Å². The van der Waals surface area contributed by atoms with Crippen molar-refractivity contribution < 1.29 is 0 Å². The minimum Gasteiger partial charge on any atom is -0.226 e. The van der Waals surface area contributed by atoms with Crippen LogP contribution in [0.4, 0.5) is 0 Å². The molecule has 0 radical (unpaired) electrons. The van der Waals surface area contributed by atoms with Crippen molar-refractivity contribution in [2.24, 2.45) is 5.92 Å². The second-order valence-corrected chi connectivity index (χ2v) is 6.40. The van der Waals surface area contributed by atoms with Gasteiger partial charge >= 0.3 is 0 Å². The van der Waals surface area contributed by atoms with Gasteiger partial charge in [0.05, 0.1) is 0 Å². The number of nitrogens with zero attached hydrogens (tertiary/aromatic N) is 2. The van der Waals surface area contributed by atoms with Crippen LogP contribution < -0.4 is 0 Å². The molecule has 1 aromatic heterocycles. The van der Waals surface area contributed by atoms with Gasteiger partial charge in [-0.3, -0.25) is 0 Å². The number of hydrogen-bond acceptors (Lipinski definition) is 3. The zero-order chi connectivity index (χ0) is 13.0. The first-order valence-corrected chi connectivity index (χ1v) is 7.41. The summed E-state index contributed by atoms with van der Waals surface area (Å²) in [7, 11) is 0. The predicted octanol–water partition coefficient (Wildman–Crippen LogP) is 4.53. The van der Waals surface area contributed by atoms with E-state index >= 15 is 0 Å². The normalized spacial score (nSPS) is 13.1. The first kappa shape index (κ1) is 14.8. The Hall–Kier alpha value is -0.280. The SMILES string of the molecule is CCCc1nc(Cl)c(C)c(SC(C)C(C)C)n1. The molecule has 17 heavy (non-hydrogen) atoms. The fraction of sp³-hybridized carbons (Fsp3) is 0.692. The van der Waals surface area contributed by atoms with Crippen LogP contribution in [0.5, 0.6) is 0 Å². The summed E-state index contributed by atoms with van der Waals surface area (Å²) >= 11 is 7.95. The molecular formula is C13H21ClN2S. The smallest absolute Gasteiger partial charge is 0.136 e. The van der Waals surface area contributed by atoms with Gasteiger partial charge in [0.15, 0.2) is 0 Å². The van der Waals surface area contributed by atoms with Gasteiger partial charge in [-0.2, -0.15) is 0 Å². The van der Waals surface area contributed by atoms with Gasteiger partial charge in [-0.15, -0.1) is 11.8 Å². The van der Waals surface area contributed by atoms with Gasteiger partial charge in [0, 0.05) is 17.2 Å². The molecule has 1 unspecified atom stereocenters. The maximum Gasteiger partial charge on any atom is 0.136 e. The van der Waals surface area contributed by atoms with E-state index in [1.54, 1.807) is 11.8 Å². The second-order valence-electron chi connectivity index (χ2n) is 4.68. The molecule has 2 nitrogen and oxygen atoms in total. The zero-order valence-corrected chi connectivity index (χ0v) is 12.8. The fourth-order valence-corrected chi connectivity index (χ4v) is 2.57. The van der Waals surface area contributed by atoms with Crippen LogP contribution in [0.2, 0.25) is 5.15 Å². The number of aryl methyl sites for hydroxylation is 1. The largest absolute Gasteiger partial charge is 0.226 e. The van der Waals surface area contributed by atoms with Crippen molar-refractivity contribution >= 4 is 23.4 Å². The minimum absolute atomic E-state index is 0.536. The van der Waals surface area contributed by atoms with Crippen molar-refractivity contribution in [1.29, 1.82) is 0 Å². The molecule has 0 N–H and O–H groups in total. The highest BCUT2D eigenvalue weighted by atomic mass is 35.5. The maximum absolute atomic E-state index is 6.15. The van der Waals surface area contributed by atoms with E-state index in [1.807, 2.05) is 6.92 Å². The number of rotatable bonds is 5. The lowest BCUT2D eigenvalue weighted by molar-refractivity contribution is 0.640. The van der Waals surface area contributed by atoms with E-state index in [0.717, 1.165) is 29.3 Å². The van der Waals surface area contributed by atoms with Crippen LogP contribution in [0, 0.1) is 12.8 Å². The standard InChI is InChI=1S/C13H21ClN2S/c1-6-7-11-15-12(14)9(4)13(16-11)17-10(5)8(2)3/h8,10H,6-7H2,1-5H3. The highest BCUT2D eigenvalue weighted by Gasteiger charge is 2.15. The molecule has 0 saturated carbocycles. The number of halogens is 1. The summed E-state index contributed by atoms with van der Waals surface area (Å²) in [6.07, 6.45) is 1.94. The van der Waals surface area contributed by atoms with Crippen molar-refractivity contribution in [3.05, 3.63) is 16.5 Å². The molecule has 0 spiro atoms. The van der Waals surface area contributed by atoms with Gasteiger partial charge in [-0.1, -0.05) is 39.3 Å². The Morgan fingerprint density at radius 2 is 1.88 bits per heavy atom. The van der Waals surface area contributed by atoms with Crippen molar-refractivity contribution in [2.75, 3.05) is 0 Å². The molecule has 0 bridgehead atoms. The second kappa shape index (κ2) is 6.60. The Kier molecular flexibility index (Phi) is 5.74. The topological polar surface area (TPSA) is 25.8 Å². The summed E-state index contributed by atoms with van der Waals surface area (Å²) in [5.74, 6) is 1.49. The average molecular weight is 273 g/mol. The number of hydrogen-bond donors (Lipinski definition) is 0. The molecule has 96 valence electrons. The summed E-state index contributed by atoms with van der Waals surface area (Å²) in [6.45, 7) is 10.8. The third kappa shape index (κ3) is 4.14. The van der Waals surface area contributed by atoms with Crippen LogP contribution in [0.15, 0.2) is 5.03 Å². The highest BCUT2D eigenvalue weighted by Crippen LogP contribution is 2.31. The van der Waals surface area contributed by atoms with E-state index in [2.05, 4.69) is 37.7 Å². The Balaban J connectivity index is 2.97. The lowest BCUT2D eigenvalue weighted by Crippen LogP contribution is -2.08. The van der Waals surface area contributed by atoms with Crippen molar-refractivity contribution in [1.82, 2.24) is 9.97 Å². The molecule has 0 aromatic carbocycles. The third-order valence-electron chi connectivity index (χ3n) is 2.80. The lowest BCUT2D eigenvalue weighted by Gasteiger charge is -2.16. The third-order valence-corrected chi connectivity index (χ3v) is 4.70. The number of thioether (sulfide) groups is 1. The molecule has 1 aromatic rings. The zero-order valence-electron chi connectivity index (χ0n) is 11.2. The summed E-state index contributed by atoms with van der Waals surface area (Å²) in [5.41, 5.74) is 1.00. The van der Waals surface area contributed by atoms with Crippen molar-refractivity contribution in [3.63, 3.8) is 0 Å². The molecule has 4 heteroatoms. The summed E-state index contributed by atoms with van der Waals surface area (Å²) in [4.78, 5) is 8.93. The van der Waals surface area contributed by atoms with Crippen molar-refractivity contribution in [3.8, 4) is 0 Å². The first-order chi connectivity index (χ1) is 7.95. The van der Waals surface area contributed by atoms with Crippen LogP contribution in [-0.4, -0.2) is 15.2 Å². The molecule has 0 amide bonds. The Bertz CT molecular complexity index is 380. The average Bonchev–Trinajstić information content (AvgIpc) is 2.25. The van der Waals surface area contributed by atoms with E-state index in [-0.39, 0.29) is 0 Å². The molecule has 0 fully saturated rings. The van der Waals surface area contributed by atoms with E-state index in [0.29, 0.717) is 16.3 Å². The van der Waals surface area contributed by atoms with Gasteiger partial charge in [0.25, 0.3) is 0 Å². The molecule has 0 aliphatic heterocycles. The van der Waals surface area contributed by atoms with Gasteiger partial charge in [0.2, 0.25) is 0 Å². The number of aromatic nitrogens is 2. The fourth-order valence-electron chi connectivity index (χ4n) is 1.27. The van der Waals surface area contributed by atoms with Crippen LogP contribution in [0.25, 0.3) is 0 Å². The lowest BCUT2D eigenvalue weighted by atomic mass is 10.2. The van der Waals surface area contributed by atoms with Crippen LogP contribution >= 0.6 is 23.4 Å². The first-order valence-electron chi connectivity index (χ1n) is 6.15. The van der Waals surface area contributed by atoms with E-state index < -0.39 is 0 Å². The summed E-state index contributed by atoms with van der Waals surface area (Å²) in [6, 6.07) is 0. The Morgan fingerprint density at radius 1 is 1.24 bits per heavy atom. The molecule has 1 heterocycles. The van der Waals surface area contributed by atoms with Crippen molar-refractivity contribution in [2.45, 2.75) is 57.7 Å². The molecule has 0 aliphatic carbocycles. The molecule has 1 rings (SSSR count).